The molecule has 17 heavy (non-hydrogen) atoms. The highest BCUT2D eigenvalue weighted by atomic mass is 79.9. The molecule has 0 spiro atoms. The topological polar surface area (TPSA) is 38.7 Å². The summed E-state index contributed by atoms with van der Waals surface area (Å²) in [5.41, 5.74) is 1.28. The Kier molecular flexibility index (Phi) is 3.84. The van der Waals surface area contributed by atoms with Crippen molar-refractivity contribution in [1.82, 2.24) is 15.0 Å². The van der Waals surface area contributed by atoms with Crippen LogP contribution >= 0.6 is 15.9 Å². The summed E-state index contributed by atoms with van der Waals surface area (Å²) >= 11 is 3.55. The summed E-state index contributed by atoms with van der Waals surface area (Å²) in [6.45, 7) is 3.80. The number of benzene rings is 1. The van der Waals surface area contributed by atoms with Crippen molar-refractivity contribution in [2.75, 3.05) is 0 Å². The van der Waals surface area contributed by atoms with E-state index in [1.807, 2.05) is 26.0 Å². The van der Waals surface area contributed by atoms with Crippen molar-refractivity contribution in [2.45, 2.75) is 26.7 Å². The molecule has 0 atom stereocenters. The van der Waals surface area contributed by atoms with E-state index >= 15 is 0 Å². The molecule has 0 saturated heterocycles. The van der Waals surface area contributed by atoms with Gasteiger partial charge in [-0.1, -0.05) is 34.1 Å². The molecule has 0 N–H and O–H groups in total. The molecule has 2 aromatic rings. The summed E-state index contributed by atoms with van der Waals surface area (Å²) < 4.78 is 1.14. The standard InChI is InChI=1S/C13H14BrN3/c1-9-15-10(2)17-13(16-9)8-7-11-5-3-4-6-12(11)14/h3-6H,7-8H2,1-2H3. The van der Waals surface area contributed by atoms with Crippen LogP contribution in [0, 0.1) is 13.8 Å². The van der Waals surface area contributed by atoms with Gasteiger partial charge in [-0.3, -0.25) is 0 Å². The van der Waals surface area contributed by atoms with Crippen LogP contribution in [-0.4, -0.2) is 15.0 Å². The van der Waals surface area contributed by atoms with Crippen molar-refractivity contribution in [3.63, 3.8) is 0 Å². The van der Waals surface area contributed by atoms with Gasteiger partial charge < -0.3 is 0 Å². The lowest BCUT2D eigenvalue weighted by atomic mass is 10.1. The molecule has 0 bridgehead atoms. The predicted octanol–water partition coefficient (Wildman–Crippen LogP) is 3.04. The largest absolute Gasteiger partial charge is 0.219 e. The van der Waals surface area contributed by atoms with Crippen LogP contribution in [0.25, 0.3) is 0 Å². The van der Waals surface area contributed by atoms with Gasteiger partial charge in [-0.25, -0.2) is 15.0 Å². The van der Waals surface area contributed by atoms with E-state index in [9.17, 15) is 0 Å². The molecular weight excluding hydrogens is 278 g/mol. The summed E-state index contributed by atoms with van der Waals surface area (Å²) in [6, 6.07) is 8.24. The zero-order valence-electron chi connectivity index (χ0n) is 9.94. The number of halogens is 1. The van der Waals surface area contributed by atoms with Crippen molar-refractivity contribution < 1.29 is 0 Å². The van der Waals surface area contributed by atoms with Crippen LogP contribution < -0.4 is 0 Å². The first kappa shape index (κ1) is 12.2. The van der Waals surface area contributed by atoms with E-state index in [0.29, 0.717) is 0 Å². The molecule has 4 heteroatoms. The highest BCUT2D eigenvalue weighted by Crippen LogP contribution is 2.17. The Bertz CT molecular complexity index is 506. The molecule has 0 unspecified atom stereocenters. The fourth-order valence-corrected chi connectivity index (χ4v) is 2.23. The van der Waals surface area contributed by atoms with Crippen LogP contribution in [0.5, 0.6) is 0 Å². The minimum atomic E-state index is 0.791. The third-order valence-electron chi connectivity index (χ3n) is 2.48. The van der Waals surface area contributed by atoms with Gasteiger partial charge in [-0.2, -0.15) is 0 Å². The van der Waals surface area contributed by atoms with Crippen LogP contribution in [0.4, 0.5) is 0 Å². The summed E-state index contributed by atoms with van der Waals surface area (Å²) in [5, 5.41) is 0. The Hall–Kier alpha value is -1.29. The van der Waals surface area contributed by atoms with E-state index in [1.165, 1.54) is 5.56 Å². The highest BCUT2D eigenvalue weighted by Gasteiger charge is 2.03. The zero-order valence-corrected chi connectivity index (χ0v) is 11.5. The normalized spacial score (nSPS) is 10.5. The monoisotopic (exact) mass is 291 g/mol. The Labute approximate surface area is 109 Å². The first-order valence-corrected chi connectivity index (χ1v) is 6.36. The molecule has 0 radical (unpaired) electrons. The first-order chi connectivity index (χ1) is 8.15. The van der Waals surface area contributed by atoms with Gasteiger partial charge in [0.15, 0.2) is 0 Å². The van der Waals surface area contributed by atoms with Gasteiger partial charge in [0.25, 0.3) is 0 Å². The van der Waals surface area contributed by atoms with E-state index in [4.69, 9.17) is 0 Å². The molecule has 0 aliphatic rings. The van der Waals surface area contributed by atoms with Crippen LogP contribution in [0.1, 0.15) is 23.0 Å². The lowest BCUT2D eigenvalue weighted by Crippen LogP contribution is -2.04. The van der Waals surface area contributed by atoms with E-state index in [2.05, 4.69) is 43.0 Å². The van der Waals surface area contributed by atoms with Gasteiger partial charge in [-0.15, -0.1) is 0 Å². The molecule has 1 aromatic carbocycles. The van der Waals surface area contributed by atoms with Crippen LogP contribution in [0.3, 0.4) is 0 Å². The minimum absolute atomic E-state index is 0.791. The van der Waals surface area contributed by atoms with Crippen molar-refractivity contribution in [1.29, 1.82) is 0 Å². The van der Waals surface area contributed by atoms with Crippen molar-refractivity contribution in [3.05, 3.63) is 51.8 Å². The summed E-state index contributed by atoms with van der Waals surface area (Å²) in [6.07, 6.45) is 1.77. The minimum Gasteiger partial charge on any atom is -0.219 e. The number of hydrogen-bond donors (Lipinski definition) is 0. The van der Waals surface area contributed by atoms with E-state index < -0.39 is 0 Å². The predicted molar refractivity (Wildman–Crippen MR) is 70.9 cm³/mol. The van der Waals surface area contributed by atoms with Crippen molar-refractivity contribution in [3.8, 4) is 0 Å². The second kappa shape index (κ2) is 5.36. The highest BCUT2D eigenvalue weighted by molar-refractivity contribution is 9.10. The average molecular weight is 292 g/mol. The molecule has 3 nitrogen and oxygen atoms in total. The summed E-state index contributed by atoms with van der Waals surface area (Å²) in [4.78, 5) is 12.9. The molecule has 1 aromatic heterocycles. The Balaban J connectivity index is 2.10. The quantitative estimate of drug-likeness (QED) is 0.872. The zero-order chi connectivity index (χ0) is 12.3. The third-order valence-corrected chi connectivity index (χ3v) is 3.25. The number of nitrogens with zero attached hydrogens (tertiary/aromatic N) is 3. The average Bonchev–Trinajstić information content (AvgIpc) is 2.27. The van der Waals surface area contributed by atoms with Crippen LogP contribution in [-0.2, 0) is 12.8 Å². The number of rotatable bonds is 3. The van der Waals surface area contributed by atoms with E-state index in [1.54, 1.807) is 0 Å². The maximum absolute atomic E-state index is 4.34. The van der Waals surface area contributed by atoms with Crippen LogP contribution in [0.15, 0.2) is 28.7 Å². The second-order valence-electron chi connectivity index (χ2n) is 3.94. The van der Waals surface area contributed by atoms with Gasteiger partial charge in [0.2, 0.25) is 0 Å². The van der Waals surface area contributed by atoms with Gasteiger partial charge in [-0.05, 0) is 31.9 Å². The number of aryl methyl sites for hydroxylation is 4. The third kappa shape index (κ3) is 3.33. The van der Waals surface area contributed by atoms with E-state index in [-0.39, 0.29) is 0 Å². The van der Waals surface area contributed by atoms with Gasteiger partial charge in [0, 0.05) is 10.9 Å². The second-order valence-corrected chi connectivity index (χ2v) is 4.79. The van der Waals surface area contributed by atoms with Gasteiger partial charge >= 0.3 is 0 Å². The molecular formula is C13H14BrN3. The van der Waals surface area contributed by atoms with Gasteiger partial charge in [0.05, 0.1) is 0 Å². The fraction of sp³-hybridized carbons (Fsp3) is 0.308. The molecule has 1 heterocycles. The Morgan fingerprint density at radius 1 is 0.941 bits per heavy atom. The molecule has 0 saturated carbocycles. The Morgan fingerprint density at radius 3 is 2.24 bits per heavy atom. The van der Waals surface area contributed by atoms with E-state index in [0.717, 1.165) is 34.8 Å². The summed E-state index contributed by atoms with van der Waals surface area (Å²) in [7, 11) is 0. The van der Waals surface area contributed by atoms with Crippen molar-refractivity contribution >= 4 is 15.9 Å². The molecule has 88 valence electrons. The van der Waals surface area contributed by atoms with Crippen molar-refractivity contribution in [2.24, 2.45) is 0 Å². The Morgan fingerprint density at radius 2 is 1.59 bits per heavy atom. The molecule has 0 fully saturated rings. The SMILES string of the molecule is Cc1nc(C)nc(CCc2ccccc2Br)n1. The fourth-order valence-electron chi connectivity index (χ4n) is 1.74. The molecule has 0 aliphatic heterocycles. The first-order valence-electron chi connectivity index (χ1n) is 5.57. The number of aromatic nitrogens is 3. The lowest BCUT2D eigenvalue weighted by molar-refractivity contribution is 0.792. The number of hydrogen-bond acceptors (Lipinski definition) is 3. The molecule has 0 aliphatic carbocycles. The van der Waals surface area contributed by atoms with Crippen LogP contribution in [0.2, 0.25) is 0 Å². The maximum Gasteiger partial charge on any atom is 0.132 e. The maximum atomic E-state index is 4.34. The van der Waals surface area contributed by atoms with Gasteiger partial charge in [0.1, 0.15) is 17.5 Å². The molecule has 0 amide bonds. The molecule has 2 rings (SSSR count). The lowest BCUT2D eigenvalue weighted by Gasteiger charge is -2.04. The summed E-state index contributed by atoms with van der Waals surface area (Å²) in [5.74, 6) is 2.45. The smallest absolute Gasteiger partial charge is 0.132 e.